The topological polar surface area (TPSA) is 202 Å². The molecule has 6 N–H and O–H groups in total. The second-order valence-corrected chi connectivity index (χ2v) is 8.40. The predicted molar refractivity (Wildman–Crippen MR) is 121 cm³/mol. The van der Waals surface area contributed by atoms with Crippen LogP contribution in [0.1, 0.15) is 25.3 Å². The van der Waals surface area contributed by atoms with Crippen LogP contribution in [-0.4, -0.2) is 106 Å². The molecule has 1 aliphatic heterocycles. The van der Waals surface area contributed by atoms with Gasteiger partial charge in [0, 0.05) is 0 Å². The molecule has 1 saturated heterocycles. The zero-order valence-electron chi connectivity index (χ0n) is 20.1. The standard InChI is InChI=1S/C23H32O13/c1-23(31,9-16(25)26)10-17(27)34-6-4-5-12-7-13(32-2)21(14(8-12)33-3)36-22-20(30)19(29)18(28)15(11-24)35-22/h4-5,7-8,15,18-20,22,24,28-31H,6,9-11H2,1-3H3,(H,25,26)/t15-,18+,19-,20-,22-,23+/m0/s1. The molecule has 6 atom stereocenters. The van der Waals surface area contributed by atoms with Gasteiger partial charge in [-0.05, 0) is 30.7 Å². The van der Waals surface area contributed by atoms with Gasteiger partial charge in [-0.15, -0.1) is 0 Å². The van der Waals surface area contributed by atoms with Crippen molar-refractivity contribution in [2.24, 2.45) is 0 Å². The quantitative estimate of drug-likeness (QED) is 0.186. The van der Waals surface area contributed by atoms with E-state index < -0.39 is 67.7 Å². The Balaban J connectivity index is 2.10. The first-order valence-electron chi connectivity index (χ1n) is 10.9. The minimum atomic E-state index is -1.73. The minimum absolute atomic E-state index is 0.0218. The van der Waals surface area contributed by atoms with Gasteiger partial charge in [0.15, 0.2) is 11.5 Å². The lowest BCUT2D eigenvalue weighted by Gasteiger charge is -2.39. The Morgan fingerprint density at radius 3 is 2.19 bits per heavy atom. The minimum Gasteiger partial charge on any atom is -0.493 e. The van der Waals surface area contributed by atoms with Crippen LogP contribution in [0.5, 0.6) is 17.2 Å². The number of rotatable bonds is 12. The Morgan fingerprint density at radius 1 is 1.06 bits per heavy atom. The molecule has 0 aliphatic carbocycles. The number of carbonyl (C=O) groups is 2. The molecular formula is C23H32O13. The number of methoxy groups -OCH3 is 2. The number of carboxylic acid groups (broad SMARTS) is 1. The van der Waals surface area contributed by atoms with E-state index in [-0.39, 0.29) is 23.9 Å². The summed E-state index contributed by atoms with van der Waals surface area (Å²) < 4.78 is 26.7. The first-order valence-corrected chi connectivity index (χ1v) is 10.9. The van der Waals surface area contributed by atoms with Gasteiger partial charge in [0.1, 0.15) is 31.0 Å². The van der Waals surface area contributed by atoms with E-state index in [1.807, 2.05) is 0 Å². The number of hydrogen-bond acceptors (Lipinski definition) is 12. The van der Waals surface area contributed by atoms with E-state index in [4.69, 9.17) is 28.8 Å². The molecule has 2 rings (SSSR count). The molecule has 0 unspecified atom stereocenters. The van der Waals surface area contributed by atoms with Crippen molar-refractivity contribution < 1.29 is 63.9 Å². The molecule has 0 saturated carbocycles. The molecule has 1 fully saturated rings. The van der Waals surface area contributed by atoms with Crippen LogP contribution in [-0.2, 0) is 19.1 Å². The SMILES string of the molecule is COc1cc(C=CCOC(=O)C[C@](C)(O)CC(=O)O)cc(OC)c1O[C@@H]1O[C@@H](CO)[C@@H](O)[C@H](O)[C@@H]1O. The maximum Gasteiger partial charge on any atom is 0.309 e. The number of esters is 1. The highest BCUT2D eigenvalue weighted by molar-refractivity contribution is 5.74. The number of carboxylic acids is 1. The van der Waals surface area contributed by atoms with Crippen molar-refractivity contribution in [3.8, 4) is 17.2 Å². The number of carbonyl (C=O) groups excluding carboxylic acids is 1. The lowest BCUT2D eigenvalue weighted by atomic mass is 9.98. The van der Waals surface area contributed by atoms with Crippen molar-refractivity contribution in [1.82, 2.24) is 0 Å². The Hall–Kier alpha value is -2.94. The second-order valence-electron chi connectivity index (χ2n) is 8.40. The number of aliphatic hydroxyl groups excluding tert-OH is 4. The molecule has 1 heterocycles. The summed E-state index contributed by atoms with van der Waals surface area (Å²) in [5.74, 6) is -1.67. The van der Waals surface area contributed by atoms with Crippen molar-refractivity contribution >= 4 is 18.0 Å². The number of ether oxygens (including phenoxy) is 5. The fraction of sp³-hybridized carbons (Fsp3) is 0.565. The highest BCUT2D eigenvalue weighted by Gasteiger charge is 2.45. The zero-order valence-corrected chi connectivity index (χ0v) is 20.1. The van der Waals surface area contributed by atoms with E-state index in [9.17, 15) is 35.1 Å². The van der Waals surface area contributed by atoms with Crippen LogP contribution in [0.15, 0.2) is 18.2 Å². The van der Waals surface area contributed by atoms with E-state index in [1.54, 1.807) is 6.08 Å². The van der Waals surface area contributed by atoms with E-state index in [1.165, 1.54) is 39.4 Å². The third kappa shape index (κ3) is 7.78. The number of aliphatic hydroxyl groups is 5. The van der Waals surface area contributed by atoms with Gasteiger partial charge in [-0.25, -0.2) is 0 Å². The van der Waals surface area contributed by atoms with Crippen molar-refractivity contribution in [3.05, 3.63) is 23.8 Å². The number of aliphatic carboxylic acids is 1. The fourth-order valence-corrected chi connectivity index (χ4v) is 3.47. The van der Waals surface area contributed by atoms with Crippen LogP contribution in [0, 0.1) is 0 Å². The van der Waals surface area contributed by atoms with Crippen LogP contribution in [0.4, 0.5) is 0 Å². The van der Waals surface area contributed by atoms with E-state index in [0.717, 1.165) is 0 Å². The van der Waals surface area contributed by atoms with Gasteiger partial charge >= 0.3 is 11.9 Å². The lowest BCUT2D eigenvalue weighted by Crippen LogP contribution is -2.60. The molecule has 36 heavy (non-hydrogen) atoms. The van der Waals surface area contributed by atoms with Gasteiger partial charge in [-0.2, -0.15) is 0 Å². The molecular weight excluding hydrogens is 484 g/mol. The van der Waals surface area contributed by atoms with Crippen LogP contribution >= 0.6 is 0 Å². The summed E-state index contributed by atoms with van der Waals surface area (Å²) in [7, 11) is 2.71. The lowest BCUT2D eigenvalue weighted by molar-refractivity contribution is -0.277. The molecule has 0 amide bonds. The average molecular weight is 516 g/mol. The Morgan fingerprint density at radius 2 is 1.67 bits per heavy atom. The maximum absolute atomic E-state index is 11.9. The average Bonchev–Trinajstić information content (AvgIpc) is 2.81. The van der Waals surface area contributed by atoms with Gasteiger partial charge in [0.05, 0.1) is 39.3 Å². The molecule has 0 radical (unpaired) electrons. The molecule has 1 aromatic carbocycles. The van der Waals surface area contributed by atoms with Crippen molar-refractivity contribution in [3.63, 3.8) is 0 Å². The van der Waals surface area contributed by atoms with Crippen molar-refractivity contribution in [1.29, 1.82) is 0 Å². The summed E-state index contributed by atoms with van der Waals surface area (Å²) >= 11 is 0. The summed E-state index contributed by atoms with van der Waals surface area (Å²) in [6.07, 6.45) is -5.45. The van der Waals surface area contributed by atoms with Crippen LogP contribution in [0.25, 0.3) is 6.08 Å². The van der Waals surface area contributed by atoms with Crippen LogP contribution < -0.4 is 14.2 Å². The Kier molecular flexibility index (Phi) is 10.5. The van der Waals surface area contributed by atoms with E-state index in [2.05, 4.69) is 0 Å². The van der Waals surface area contributed by atoms with Crippen molar-refractivity contribution in [2.45, 2.75) is 56.1 Å². The highest BCUT2D eigenvalue weighted by Crippen LogP contribution is 2.40. The number of hydrogen-bond donors (Lipinski definition) is 6. The first-order chi connectivity index (χ1) is 16.9. The normalized spacial score (nSPS) is 25.7. The largest absolute Gasteiger partial charge is 0.493 e. The fourth-order valence-electron chi connectivity index (χ4n) is 3.47. The molecule has 202 valence electrons. The molecule has 0 bridgehead atoms. The summed E-state index contributed by atoms with van der Waals surface area (Å²) in [5, 5.41) is 58.2. The van der Waals surface area contributed by atoms with E-state index in [0.29, 0.717) is 5.56 Å². The highest BCUT2D eigenvalue weighted by atomic mass is 16.7. The van der Waals surface area contributed by atoms with E-state index >= 15 is 0 Å². The van der Waals surface area contributed by atoms with Gasteiger partial charge < -0.3 is 54.3 Å². The summed E-state index contributed by atoms with van der Waals surface area (Å²) in [6, 6.07) is 3.08. The monoisotopic (exact) mass is 516 g/mol. The second kappa shape index (κ2) is 12.9. The molecule has 0 spiro atoms. The third-order valence-electron chi connectivity index (χ3n) is 5.27. The summed E-state index contributed by atoms with van der Waals surface area (Å²) in [4.78, 5) is 22.6. The first kappa shape index (κ1) is 29.3. The van der Waals surface area contributed by atoms with Gasteiger partial charge in [-0.3, -0.25) is 9.59 Å². The molecule has 13 nitrogen and oxygen atoms in total. The van der Waals surface area contributed by atoms with Gasteiger partial charge in [0.2, 0.25) is 12.0 Å². The molecule has 1 aromatic rings. The van der Waals surface area contributed by atoms with Crippen LogP contribution in [0.3, 0.4) is 0 Å². The number of benzene rings is 1. The summed E-state index contributed by atoms with van der Waals surface area (Å²) in [6.45, 7) is 0.449. The summed E-state index contributed by atoms with van der Waals surface area (Å²) in [5.41, 5.74) is -1.19. The predicted octanol–water partition coefficient (Wildman–Crippen LogP) is -0.945. The van der Waals surface area contributed by atoms with Gasteiger partial charge in [0.25, 0.3) is 0 Å². The Labute approximate surface area is 207 Å². The maximum atomic E-state index is 11.9. The van der Waals surface area contributed by atoms with Crippen molar-refractivity contribution in [2.75, 3.05) is 27.4 Å². The van der Waals surface area contributed by atoms with Crippen LogP contribution in [0.2, 0.25) is 0 Å². The van der Waals surface area contributed by atoms with Gasteiger partial charge in [-0.1, -0.05) is 6.08 Å². The zero-order chi connectivity index (χ0) is 27.0. The molecule has 1 aliphatic rings. The Bertz CT molecular complexity index is 902. The molecule has 0 aromatic heterocycles. The molecule has 13 heteroatoms. The smallest absolute Gasteiger partial charge is 0.309 e. The third-order valence-corrected chi connectivity index (χ3v) is 5.27.